The first-order valence-electron chi connectivity index (χ1n) is 4.27. The Morgan fingerprint density at radius 3 is 2.92 bits per heavy atom. The van der Waals surface area contributed by atoms with Gasteiger partial charge in [-0.15, -0.1) is 0 Å². The molecule has 13 heavy (non-hydrogen) atoms. The quantitative estimate of drug-likeness (QED) is 0.723. The molecule has 1 aromatic rings. The fraction of sp³-hybridized carbons (Fsp3) is 0.300. The summed E-state index contributed by atoms with van der Waals surface area (Å²) in [5, 5.41) is 0.826. The first kappa shape index (κ1) is 8.75. The maximum atomic E-state index is 11.5. The smallest absolute Gasteiger partial charge is 0.231 e. The monoisotopic (exact) mass is 239 g/mol. The van der Waals surface area contributed by atoms with Crippen molar-refractivity contribution < 1.29 is 4.79 Å². The number of alkyl halides is 1. The average Bonchev–Trinajstić information content (AvgIpc) is 2.44. The van der Waals surface area contributed by atoms with Crippen molar-refractivity contribution in [1.29, 1.82) is 0 Å². The van der Waals surface area contributed by atoms with Crippen LogP contribution in [0.1, 0.15) is 5.56 Å². The number of para-hydroxylation sites is 1. The fourth-order valence-corrected chi connectivity index (χ4v) is 2.00. The third-order valence-corrected chi connectivity index (χ3v) is 2.59. The minimum Gasteiger partial charge on any atom is -0.311 e. The van der Waals surface area contributed by atoms with E-state index in [1.165, 1.54) is 0 Å². The number of halogens is 1. The van der Waals surface area contributed by atoms with Crippen molar-refractivity contribution in [3.05, 3.63) is 29.8 Å². The molecule has 1 aromatic carbocycles. The van der Waals surface area contributed by atoms with Crippen molar-refractivity contribution in [2.75, 3.05) is 16.8 Å². The maximum Gasteiger partial charge on any atom is 0.231 e. The van der Waals surface area contributed by atoms with Gasteiger partial charge in [0.15, 0.2) is 0 Å². The summed E-state index contributed by atoms with van der Waals surface area (Å²) in [5.41, 5.74) is 2.22. The number of carbonyl (C=O) groups excluding carboxylic acids is 1. The number of amides is 1. The molecule has 0 atom stereocenters. The molecule has 0 unspecified atom stereocenters. The molecule has 0 fully saturated rings. The standard InChI is InChI=1S/C10H10BrNO/c11-5-6-12-9-4-2-1-3-8(9)7-10(12)13/h1-4H,5-7H2. The Labute approximate surface area is 85.7 Å². The van der Waals surface area contributed by atoms with Crippen LogP contribution in [0.15, 0.2) is 24.3 Å². The number of fused-ring (bicyclic) bond motifs is 1. The molecule has 1 amide bonds. The zero-order valence-corrected chi connectivity index (χ0v) is 8.75. The van der Waals surface area contributed by atoms with E-state index in [1.807, 2.05) is 29.2 Å². The molecule has 0 aliphatic carbocycles. The molecule has 68 valence electrons. The van der Waals surface area contributed by atoms with Crippen molar-refractivity contribution in [1.82, 2.24) is 0 Å². The average molecular weight is 240 g/mol. The van der Waals surface area contributed by atoms with Crippen LogP contribution in [0, 0.1) is 0 Å². The Morgan fingerprint density at radius 2 is 2.15 bits per heavy atom. The molecule has 0 bridgehead atoms. The minimum absolute atomic E-state index is 0.209. The van der Waals surface area contributed by atoms with Gasteiger partial charge in [0, 0.05) is 17.6 Å². The highest BCUT2D eigenvalue weighted by atomic mass is 79.9. The Kier molecular flexibility index (Phi) is 2.36. The number of benzene rings is 1. The van der Waals surface area contributed by atoms with Crippen LogP contribution in [0.4, 0.5) is 5.69 Å². The Hall–Kier alpha value is -0.830. The second-order valence-electron chi connectivity index (χ2n) is 3.04. The van der Waals surface area contributed by atoms with Crippen molar-refractivity contribution in [2.45, 2.75) is 6.42 Å². The van der Waals surface area contributed by atoms with Gasteiger partial charge in [0.1, 0.15) is 0 Å². The van der Waals surface area contributed by atoms with Gasteiger partial charge in [-0.2, -0.15) is 0 Å². The molecule has 2 rings (SSSR count). The van der Waals surface area contributed by atoms with Gasteiger partial charge in [0.2, 0.25) is 5.91 Å². The first-order chi connectivity index (χ1) is 6.33. The number of nitrogens with zero attached hydrogens (tertiary/aromatic N) is 1. The van der Waals surface area contributed by atoms with E-state index < -0.39 is 0 Å². The summed E-state index contributed by atoms with van der Waals surface area (Å²) in [4.78, 5) is 13.4. The summed E-state index contributed by atoms with van der Waals surface area (Å²) in [5.74, 6) is 0.209. The maximum absolute atomic E-state index is 11.5. The third-order valence-electron chi connectivity index (χ3n) is 2.23. The molecule has 0 saturated heterocycles. The second kappa shape index (κ2) is 3.50. The zero-order chi connectivity index (χ0) is 9.26. The van der Waals surface area contributed by atoms with E-state index in [4.69, 9.17) is 0 Å². The molecule has 1 heterocycles. The lowest BCUT2D eigenvalue weighted by atomic mass is 10.2. The third kappa shape index (κ3) is 1.48. The van der Waals surface area contributed by atoms with E-state index >= 15 is 0 Å². The number of rotatable bonds is 2. The van der Waals surface area contributed by atoms with Gasteiger partial charge in [-0.05, 0) is 11.6 Å². The van der Waals surface area contributed by atoms with Gasteiger partial charge in [0.05, 0.1) is 6.42 Å². The molecule has 0 spiro atoms. The lowest BCUT2D eigenvalue weighted by molar-refractivity contribution is -0.117. The lowest BCUT2D eigenvalue weighted by Gasteiger charge is -2.15. The predicted molar refractivity (Wildman–Crippen MR) is 56.3 cm³/mol. The summed E-state index contributed by atoms with van der Waals surface area (Å²) in [6.45, 7) is 0.760. The van der Waals surface area contributed by atoms with Crippen molar-refractivity contribution in [3.63, 3.8) is 0 Å². The first-order valence-corrected chi connectivity index (χ1v) is 5.39. The SMILES string of the molecule is O=C1Cc2ccccc2N1CCBr. The molecular weight excluding hydrogens is 230 g/mol. The van der Waals surface area contributed by atoms with Crippen LogP contribution >= 0.6 is 15.9 Å². The van der Waals surface area contributed by atoms with Crippen molar-refractivity contribution in [2.24, 2.45) is 0 Å². The highest BCUT2D eigenvalue weighted by molar-refractivity contribution is 9.09. The van der Waals surface area contributed by atoms with Crippen molar-refractivity contribution >= 4 is 27.5 Å². The minimum atomic E-state index is 0.209. The Balaban J connectivity index is 2.35. The van der Waals surface area contributed by atoms with Crippen molar-refractivity contribution in [3.8, 4) is 0 Å². The van der Waals surface area contributed by atoms with Crippen LogP contribution in [-0.4, -0.2) is 17.8 Å². The van der Waals surface area contributed by atoms with Gasteiger partial charge in [-0.1, -0.05) is 34.1 Å². The molecule has 0 radical (unpaired) electrons. The van der Waals surface area contributed by atoms with Gasteiger partial charge >= 0.3 is 0 Å². The molecule has 0 aromatic heterocycles. The topological polar surface area (TPSA) is 20.3 Å². The van der Waals surface area contributed by atoms with E-state index in [2.05, 4.69) is 15.9 Å². The molecule has 1 aliphatic rings. The summed E-state index contributed by atoms with van der Waals surface area (Å²) in [6.07, 6.45) is 0.559. The van der Waals surface area contributed by atoms with Crippen LogP contribution < -0.4 is 4.90 Å². The van der Waals surface area contributed by atoms with Crippen LogP contribution in [0.3, 0.4) is 0 Å². The fourth-order valence-electron chi connectivity index (χ4n) is 1.65. The van der Waals surface area contributed by atoms with Gasteiger partial charge < -0.3 is 4.90 Å². The Morgan fingerprint density at radius 1 is 1.38 bits per heavy atom. The predicted octanol–water partition coefficient (Wildman–Crippen LogP) is 1.97. The summed E-state index contributed by atoms with van der Waals surface area (Å²) >= 11 is 3.34. The molecule has 3 heteroatoms. The van der Waals surface area contributed by atoms with Crippen LogP contribution in [-0.2, 0) is 11.2 Å². The highest BCUT2D eigenvalue weighted by Crippen LogP contribution is 2.27. The molecule has 0 N–H and O–H groups in total. The summed E-state index contributed by atoms with van der Waals surface area (Å²) in [6, 6.07) is 7.97. The van der Waals surface area contributed by atoms with Gasteiger partial charge in [-0.3, -0.25) is 4.79 Å². The number of anilines is 1. The van der Waals surface area contributed by atoms with E-state index in [0.29, 0.717) is 6.42 Å². The highest BCUT2D eigenvalue weighted by Gasteiger charge is 2.25. The normalized spacial score (nSPS) is 14.8. The molecule has 1 aliphatic heterocycles. The number of hydrogen-bond acceptors (Lipinski definition) is 1. The van der Waals surface area contributed by atoms with Crippen LogP contribution in [0.25, 0.3) is 0 Å². The van der Waals surface area contributed by atoms with E-state index in [0.717, 1.165) is 23.1 Å². The van der Waals surface area contributed by atoms with E-state index in [9.17, 15) is 4.79 Å². The van der Waals surface area contributed by atoms with Crippen LogP contribution in [0.2, 0.25) is 0 Å². The largest absolute Gasteiger partial charge is 0.311 e. The summed E-state index contributed by atoms with van der Waals surface area (Å²) < 4.78 is 0. The summed E-state index contributed by atoms with van der Waals surface area (Å²) in [7, 11) is 0. The van der Waals surface area contributed by atoms with E-state index in [1.54, 1.807) is 0 Å². The van der Waals surface area contributed by atoms with Gasteiger partial charge in [-0.25, -0.2) is 0 Å². The number of hydrogen-bond donors (Lipinski definition) is 0. The Bertz CT molecular complexity index is 337. The number of carbonyl (C=O) groups is 1. The van der Waals surface area contributed by atoms with E-state index in [-0.39, 0.29) is 5.91 Å². The molecule has 0 saturated carbocycles. The lowest BCUT2D eigenvalue weighted by Crippen LogP contribution is -2.28. The molecular formula is C10H10BrNO. The zero-order valence-electron chi connectivity index (χ0n) is 7.16. The molecule has 2 nitrogen and oxygen atoms in total. The van der Waals surface area contributed by atoms with Crippen LogP contribution in [0.5, 0.6) is 0 Å². The van der Waals surface area contributed by atoms with Gasteiger partial charge in [0.25, 0.3) is 0 Å². The second-order valence-corrected chi connectivity index (χ2v) is 3.83.